The van der Waals surface area contributed by atoms with E-state index in [4.69, 9.17) is 10.5 Å². The van der Waals surface area contributed by atoms with Crippen molar-refractivity contribution in [3.63, 3.8) is 0 Å². The number of nitrogens with zero attached hydrogens (tertiary/aromatic N) is 2. The third-order valence-electron chi connectivity index (χ3n) is 4.16. The molecule has 2 N–H and O–H groups in total. The average molecular weight is 345 g/mol. The van der Waals surface area contributed by atoms with Crippen LogP contribution in [0, 0.1) is 5.92 Å². The van der Waals surface area contributed by atoms with Gasteiger partial charge in [0.15, 0.2) is 10.9 Å². The van der Waals surface area contributed by atoms with E-state index in [1.165, 1.54) is 11.3 Å². The molecule has 1 aliphatic rings. The van der Waals surface area contributed by atoms with E-state index in [-0.39, 0.29) is 17.4 Å². The van der Waals surface area contributed by atoms with Gasteiger partial charge < -0.3 is 15.4 Å². The molecule has 0 radical (unpaired) electrons. The lowest BCUT2D eigenvalue weighted by atomic mass is 9.90. The normalized spacial score (nSPS) is 17.5. The van der Waals surface area contributed by atoms with E-state index in [0.29, 0.717) is 17.9 Å². The number of nitrogens with two attached hydrogens (primary N) is 1. The summed E-state index contributed by atoms with van der Waals surface area (Å²) in [5, 5.41) is 2.40. The zero-order valence-corrected chi connectivity index (χ0v) is 14.2. The van der Waals surface area contributed by atoms with Crippen LogP contribution in [0.15, 0.2) is 29.6 Å². The quantitative estimate of drug-likeness (QED) is 0.841. The second-order valence-corrected chi connectivity index (χ2v) is 6.60. The van der Waals surface area contributed by atoms with Crippen molar-refractivity contribution >= 4 is 28.2 Å². The minimum Gasteiger partial charge on any atom is -0.497 e. The summed E-state index contributed by atoms with van der Waals surface area (Å²) in [4.78, 5) is 30.3. The fourth-order valence-corrected chi connectivity index (χ4v) is 3.75. The highest BCUT2D eigenvalue weighted by atomic mass is 32.1. The monoisotopic (exact) mass is 345 g/mol. The fraction of sp³-hybridized carbons (Fsp3) is 0.353. The first-order chi connectivity index (χ1) is 11.6. The largest absolute Gasteiger partial charge is 0.497 e. The molecule has 7 heteroatoms. The number of thiazole rings is 1. The number of benzene rings is 1. The Hall–Kier alpha value is -2.41. The summed E-state index contributed by atoms with van der Waals surface area (Å²) in [6.45, 7) is 1.43. The lowest BCUT2D eigenvalue weighted by Crippen LogP contribution is -2.38. The number of carbonyl (C=O) groups excluding carboxylic acids is 2. The molecular formula is C17H19N3O3S. The van der Waals surface area contributed by atoms with E-state index in [2.05, 4.69) is 9.88 Å². The number of carbonyl (C=O) groups is 2. The van der Waals surface area contributed by atoms with Gasteiger partial charge in [0, 0.05) is 30.0 Å². The van der Waals surface area contributed by atoms with Crippen molar-refractivity contribution < 1.29 is 14.3 Å². The first kappa shape index (κ1) is 16.4. The second-order valence-electron chi connectivity index (χ2n) is 5.76. The van der Waals surface area contributed by atoms with Crippen LogP contribution in [0.2, 0.25) is 0 Å². The minimum atomic E-state index is -0.529. The summed E-state index contributed by atoms with van der Waals surface area (Å²) in [7, 11) is 1.59. The molecule has 2 heterocycles. The first-order valence-electron chi connectivity index (χ1n) is 7.77. The molecule has 1 fully saturated rings. The molecule has 0 spiro atoms. The molecule has 0 saturated carbocycles. The number of methoxy groups -OCH3 is 1. The number of amides is 1. The van der Waals surface area contributed by atoms with E-state index in [1.54, 1.807) is 18.6 Å². The van der Waals surface area contributed by atoms with E-state index in [9.17, 15) is 9.59 Å². The molecule has 1 saturated heterocycles. The van der Waals surface area contributed by atoms with Crippen LogP contribution in [-0.4, -0.2) is 36.9 Å². The number of ether oxygens (including phenoxy) is 1. The molecule has 1 aromatic heterocycles. The summed E-state index contributed by atoms with van der Waals surface area (Å²) in [5.74, 6) is 0.176. The SMILES string of the molecule is COc1cccc(C(=O)[C@@H]2CCCN(c3nc(C(N)=O)cs3)C2)c1. The molecule has 24 heavy (non-hydrogen) atoms. The van der Waals surface area contributed by atoms with Gasteiger partial charge in [0.2, 0.25) is 0 Å². The van der Waals surface area contributed by atoms with Crippen LogP contribution in [0.5, 0.6) is 5.75 Å². The zero-order chi connectivity index (χ0) is 17.1. The number of hydrogen-bond donors (Lipinski definition) is 1. The highest BCUT2D eigenvalue weighted by molar-refractivity contribution is 7.13. The van der Waals surface area contributed by atoms with Gasteiger partial charge in [-0.3, -0.25) is 9.59 Å². The van der Waals surface area contributed by atoms with Gasteiger partial charge in [-0.1, -0.05) is 12.1 Å². The van der Waals surface area contributed by atoms with Crippen molar-refractivity contribution in [1.82, 2.24) is 4.98 Å². The predicted octanol–water partition coefficient (Wildman–Crippen LogP) is 2.35. The Labute approximate surface area is 144 Å². The topological polar surface area (TPSA) is 85.5 Å². The summed E-state index contributed by atoms with van der Waals surface area (Å²) in [6.07, 6.45) is 1.76. The number of piperidine rings is 1. The van der Waals surface area contributed by atoms with Crippen LogP contribution in [0.4, 0.5) is 5.13 Å². The van der Waals surface area contributed by atoms with E-state index in [0.717, 1.165) is 24.5 Å². The van der Waals surface area contributed by atoms with Crippen molar-refractivity contribution in [3.05, 3.63) is 40.9 Å². The molecule has 1 aliphatic heterocycles. The Balaban J connectivity index is 1.74. The van der Waals surface area contributed by atoms with Gasteiger partial charge in [0.25, 0.3) is 5.91 Å². The van der Waals surface area contributed by atoms with E-state index in [1.807, 2.05) is 18.2 Å². The third-order valence-corrected chi connectivity index (χ3v) is 5.06. The molecule has 0 unspecified atom stereocenters. The number of Topliss-reactive ketones (excluding diaryl/α,β-unsaturated/α-hetero) is 1. The Kier molecular flexibility index (Phi) is 4.80. The summed E-state index contributed by atoms with van der Waals surface area (Å²) < 4.78 is 5.19. The number of aromatic nitrogens is 1. The van der Waals surface area contributed by atoms with Crippen molar-refractivity contribution in [3.8, 4) is 5.75 Å². The van der Waals surface area contributed by atoms with Gasteiger partial charge in [0.1, 0.15) is 11.4 Å². The van der Waals surface area contributed by atoms with Crippen molar-refractivity contribution in [2.75, 3.05) is 25.1 Å². The molecule has 2 aromatic rings. The van der Waals surface area contributed by atoms with Gasteiger partial charge >= 0.3 is 0 Å². The molecule has 0 bridgehead atoms. The number of hydrogen-bond acceptors (Lipinski definition) is 6. The van der Waals surface area contributed by atoms with Crippen LogP contribution in [-0.2, 0) is 0 Å². The maximum absolute atomic E-state index is 12.8. The minimum absolute atomic E-state index is 0.0909. The lowest BCUT2D eigenvalue weighted by Gasteiger charge is -2.31. The summed E-state index contributed by atoms with van der Waals surface area (Å²) in [5.41, 5.74) is 6.20. The van der Waals surface area contributed by atoms with E-state index >= 15 is 0 Å². The van der Waals surface area contributed by atoms with Gasteiger partial charge in [-0.05, 0) is 25.0 Å². The highest BCUT2D eigenvalue weighted by Gasteiger charge is 2.28. The molecule has 1 atom stereocenters. The van der Waals surface area contributed by atoms with Gasteiger partial charge in [-0.15, -0.1) is 11.3 Å². The average Bonchev–Trinajstić information content (AvgIpc) is 3.12. The molecular weight excluding hydrogens is 326 g/mol. The fourth-order valence-electron chi connectivity index (χ4n) is 2.90. The van der Waals surface area contributed by atoms with Crippen LogP contribution in [0.1, 0.15) is 33.7 Å². The Morgan fingerprint density at radius 2 is 2.25 bits per heavy atom. The van der Waals surface area contributed by atoms with Gasteiger partial charge in [-0.2, -0.15) is 0 Å². The highest BCUT2D eigenvalue weighted by Crippen LogP contribution is 2.28. The third kappa shape index (κ3) is 3.41. The van der Waals surface area contributed by atoms with Gasteiger partial charge in [0.05, 0.1) is 7.11 Å². The molecule has 126 valence electrons. The molecule has 0 aliphatic carbocycles. The number of primary amides is 1. The van der Waals surface area contributed by atoms with Gasteiger partial charge in [-0.25, -0.2) is 4.98 Å². The number of anilines is 1. The maximum atomic E-state index is 12.8. The lowest BCUT2D eigenvalue weighted by molar-refractivity contribution is 0.0906. The Bertz CT molecular complexity index is 759. The standard InChI is InChI=1S/C17H19N3O3S/c1-23-13-6-2-4-11(8-13)15(21)12-5-3-7-20(9-12)17-19-14(10-24-17)16(18)22/h2,4,6,8,10,12H,3,5,7,9H2,1H3,(H2,18,22)/t12-/m1/s1. The Morgan fingerprint density at radius 1 is 1.42 bits per heavy atom. The van der Waals surface area contributed by atoms with Crippen LogP contribution < -0.4 is 15.4 Å². The van der Waals surface area contributed by atoms with Crippen LogP contribution >= 0.6 is 11.3 Å². The van der Waals surface area contributed by atoms with Crippen molar-refractivity contribution in [1.29, 1.82) is 0 Å². The van der Waals surface area contributed by atoms with Crippen molar-refractivity contribution in [2.45, 2.75) is 12.8 Å². The molecule has 1 amide bonds. The second kappa shape index (κ2) is 7.00. The zero-order valence-electron chi connectivity index (χ0n) is 13.4. The predicted molar refractivity (Wildman–Crippen MR) is 92.9 cm³/mol. The Morgan fingerprint density at radius 3 is 2.96 bits per heavy atom. The molecule has 3 rings (SSSR count). The molecule has 6 nitrogen and oxygen atoms in total. The van der Waals surface area contributed by atoms with Crippen LogP contribution in [0.25, 0.3) is 0 Å². The van der Waals surface area contributed by atoms with Crippen LogP contribution in [0.3, 0.4) is 0 Å². The summed E-state index contributed by atoms with van der Waals surface area (Å²) in [6, 6.07) is 7.24. The van der Waals surface area contributed by atoms with E-state index < -0.39 is 5.91 Å². The van der Waals surface area contributed by atoms with Crippen molar-refractivity contribution in [2.24, 2.45) is 11.7 Å². The summed E-state index contributed by atoms with van der Waals surface area (Å²) >= 11 is 1.38. The maximum Gasteiger partial charge on any atom is 0.268 e. The number of rotatable bonds is 5. The first-order valence-corrected chi connectivity index (χ1v) is 8.65. The number of ketones is 1. The molecule has 1 aromatic carbocycles. The smallest absolute Gasteiger partial charge is 0.268 e.